The highest BCUT2D eigenvalue weighted by molar-refractivity contribution is 6.46. The number of amides is 1. The van der Waals surface area contributed by atoms with Gasteiger partial charge in [0.1, 0.15) is 23.3 Å². The number of furan rings is 1. The summed E-state index contributed by atoms with van der Waals surface area (Å²) in [5, 5.41) is 11.1. The van der Waals surface area contributed by atoms with Gasteiger partial charge in [0.15, 0.2) is 0 Å². The van der Waals surface area contributed by atoms with Gasteiger partial charge in [-0.3, -0.25) is 9.59 Å². The van der Waals surface area contributed by atoms with Crippen molar-refractivity contribution in [2.24, 2.45) is 0 Å². The maximum absolute atomic E-state index is 13.1. The predicted octanol–water partition coefficient (Wildman–Crippen LogP) is 5.00. The SMILES string of the molecule is CCCCN(CCCC)CCCN1C(=O)C(=O)/C(=C(/O)c2ccc(OC)cc2)C1c1ccco1. The van der Waals surface area contributed by atoms with Gasteiger partial charge in [-0.15, -0.1) is 0 Å². The highest BCUT2D eigenvalue weighted by Gasteiger charge is 2.47. The number of hydrogen-bond acceptors (Lipinski definition) is 6. The normalized spacial score (nSPS) is 17.6. The second-order valence-corrected chi connectivity index (χ2v) is 8.64. The number of likely N-dealkylation sites (tertiary alicyclic amines) is 1. The molecule has 2 aromatic rings. The Morgan fingerprint density at radius 1 is 1.03 bits per heavy atom. The molecule has 0 bridgehead atoms. The Balaban J connectivity index is 1.84. The smallest absolute Gasteiger partial charge is 0.295 e. The van der Waals surface area contributed by atoms with E-state index in [1.807, 2.05) is 0 Å². The summed E-state index contributed by atoms with van der Waals surface area (Å²) in [7, 11) is 1.56. The van der Waals surface area contributed by atoms with Crippen LogP contribution in [0.1, 0.15) is 63.3 Å². The molecule has 0 saturated carbocycles. The molecular weight excluding hydrogens is 432 g/mol. The molecule has 1 aliphatic rings. The summed E-state index contributed by atoms with van der Waals surface area (Å²) in [4.78, 5) is 30.1. The lowest BCUT2D eigenvalue weighted by Gasteiger charge is -2.26. The Morgan fingerprint density at radius 3 is 2.24 bits per heavy atom. The van der Waals surface area contributed by atoms with Crippen molar-refractivity contribution >= 4 is 17.4 Å². The van der Waals surface area contributed by atoms with E-state index in [9.17, 15) is 14.7 Å². The van der Waals surface area contributed by atoms with Crippen molar-refractivity contribution < 1.29 is 23.8 Å². The van der Waals surface area contributed by atoms with E-state index in [1.165, 1.54) is 11.2 Å². The molecule has 34 heavy (non-hydrogen) atoms. The number of nitrogens with zero attached hydrogens (tertiary/aromatic N) is 2. The van der Waals surface area contributed by atoms with Crippen LogP contribution in [0.4, 0.5) is 0 Å². The lowest BCUT2D eigenvalue weighted by atomic mass is 9.99. The zero-order valence-electron chi connectivity index (χ0n) is 20.5. The fourth-order valence-corrected chi connectivity index (χ4v) is 4.32. The number of carbonyl (C=O) groups excluding carboxylic acids is 2. The average Bonchev–Trinajstić information content (AvgIpc) is 3.47. The third-order valence-electron chi connectivity index (χ3n) is 6.25. The zero-order valence-corrected chi connectivity index (χ0v) is 20.5. The molecule has 3 rings (SSSR count). The van der Waals surface area contributed by atoms with Crippen LogP contribution >= 0.6 is 0 Å². The van der Waals surface area contributed by atoms with E-state index in [0.717, 1.165) is 51.7 Å². The Morgan fingerprint density at radius 2 is 1.68 bits per heavy atom. The topological polar surface area (TPSA) is 83.2 Å². The minimum atomic E-state index is -0.753. The molecule has 1 aromatic heterocycles. The molecule has 1 aliphatic heterocycles. The number of aliphatic hydroxyl groups is 1. The molecule has 2 heterocycles. The quantitative estimate of drug-likeness (QED) is 0.253. The molecule has 7 nitrogen and oxygen atoms in total. The molecule has 1 atom stereocenters. The van der Waals surface area contributed by atoms with Crippen LogP contribution < -0.4 is 4.74 Å². The third-order valence-corrected chi connectivity index (χ3v) is 6.25. The van der Waals surface area contributed by atoms with Crippen LogP contribution in [0.25, 0.3) is 5.76 Å². The van der Waals surface area contributed by atoms with Gasteiger partial charge in [0.05, 0.1) is 18.9 Å². The molecule has 0 radical (unpaired) electrons. The number of aliphatic hydroxyl groups excluding tert-OH is 1. The van der Waals surface area contributed by atoms with Crippen molar-refractivity contribution in [3.63, 3.8) is 0 Å². The van der Waals surface area contributed by atoms with Gasteiger partial charge >= 0.3 is 0 Å². The first-order valence-corrected chi connectivity index (χ1v) is 12.2. The summed E-state index contributed by atoms with van der Waals surface area (Å²) in [6.45, 7) is 7.70. The van der Waals surface area contributed by atoms with Crippen molar-refractivity contribution in [1.82, 2.24) is 9.80 Å². The van der Waals surface area contributed by atoms with Crippen molar-refractivity contribution in [3.8, 4) is 5.75 Å². The van der Waals surface area contributed by atoms with Crippen molar-refractivity contribution in [2.45, 2.75) is 52.0 Å². The average molecular weight is 469 g/mol. The molecule has 7 heteroatoms. The summed E-state index contributed by atoms with van der Waals surface area (Å²) < 4.78 is 10.8. The van der Waals surface area contributed by atoms with Gasteiger partial charge in [0, 0.05) is 12.1 Å². The molecule has 1 aromatic carbocycles. The summed E-state index contributed by atoms with van der Waals surface area (Å²) in [6, 6.07) is 9.44. The van der Waals surface area contributed by atoms with E-state index < -0.39 is 17.7 Å². The first-order valence-electron chi connectivity index (χ1n) is 12.2. The minimum Gasteiger partial charge on any atom is -0.507 e. The number of carbonyl (C=O) groups is 2. The molecule has 0 spiro atoms. The lowest BCUT2D eigenvalue weighted by molar-refractivity contribution is -0.140. The maximum Gasteiger partial charge on any atom is 0.295 e. The summed E-state index contributed by atoms with van der Waals surface area (Å²) >= 11 is 0. The van der Waals surface area contributed by atoms with E-state index >= 15 is 0 Å². The van der Waals surface area contributed by atoms with Gasteiger partial charge < -0.3 is 24.1 Å². The number of methoxy groups -OCH3 is 1. The fourth-order valence-electron chi connectivity index (χ4n) is 4.32. The van der Waals surface area contributed by atoms with Crippen LogP contribution in [0.3, 0.4) is 0 Å². The van der Waals surface area contributed by atoms with Crippen LogP contribution in [0.2, 0.25) is 0 Å². The summed E-state index contributed by atoms with van der Waals surface area (Å²) in [5.41, 5.74) is 0.500. The molecule has 1 saturated heterocycles. The van der Waals surface area contributed by atoms with E-state index in [2.05, 4.69) is 18.7 Å². The monoisotopic (exact) mass is 468 g/mol. The van der Waals surface area contributed by atoms with Crippen LogP contribution in [0.5, 0.6) is 5.75 Å². The van der Waals surface area contributed by atoms with Crippen LogP contribution in [-0.4, -0.2) is 59.9 Å². The Labute approximate surface area is 202 Å². The first kappa shape index (κ1) is 25.6. The van der Waals surface area contributed by atoms with Gasteiger partial charge in [-0.25, -0.2) is 0 Å². The fraction of sp³-hybridized carbons (Fsp3) is 0.481. The number of ether oxygens (including phenoxy) is 1. The second-order valence-electron chi connectivity index (χ2n) is 8.64. The molecule has 1 N–H and O–H groups in total. The largest absolute Gasteiger partial charge is 0.507 e. The van der Waals surface area contributed by atoms with E-state index in [4.69, 9.17) is 9.15 Å². The van der Waals surface area contributed by atoms with Crippen molar-refractivity contribution in [2.75, 3.05) is 33.3 Å². The van der Waals surface area contributed by atoms with Gasteiger partial charge in [-0.05, 0) is 75.3 Å². The zero-order chi connectivity index (χ0) is 24.5. The Bertz CT molecular complexity index is 957. The molecule has 184 valence electrons. The summed E-state index contributed by atoms with van der Waals surface area (Å²) in [5.74, 6) is -0.413. The number of benzene rings is 1. The van der Waals surface area contributed by atoms with E-state index in [0.29, 0.717) is 23.6 Å². The Hall–Kier alpha value is -3.06. The predicted molar refractivity (Wildman–Crippen MR) is 132 cm³/mol. The maximum atomic E-state index is 13.1. The molecular formula is C27H36N2O5. The number of Topliss-reactive ketones (excluding diaryl/α,β-unsaturated/α-hetero) is 1. The van der Waals surface area contributed by atoms with Gasteiger partial charge in [0.2, 0.25) is 0 Å². The Kier molecular flexibility index (Phi) is 9.33. The van der Waals surface area contributed by atoms with Crippen LogP contribution in [-0.2, 0) is 9.59 Å². The van der Waals surface area contributed by atoms with E-state index in [1.54, 1.807) is 43.5 Å². The van der Waals surface area contributed by atoms with Crippen LogP contribution in [0, 0.1) is 0 Å². The van der Waals surface area contributed by atoms with Crippen molar-refractivity contribution in [1.29, 1.82) is 0 Å². The van der Waals surface area contributed by atoms with Crippen molar-refractivity contribution in [3.05, 3.63) is 59.6 Å². The highest BCUT2D eigenvalue weighted by atomic mass is 16.5. The molecule has 1 fully saturated rings. The number of hydrogen-bond donors (Lipinski definition) is 1. The molecule has 1 unspecified atom stereocenters. The van der Waals surface area contributed by atoms with Gasteiger partial charge in [-0.1, -0.05) is 26.7 Å². The second kappa shape index (κ2) is 12.4. The first-order chi connectivity index (χ1) is 16.5. The lowest BCUT2D eigenvalue weighted by Crippen LogP contribution is -2.34. The minimum absolute atomic E-state index is 0.0546. The third kappa shape index (κ3) is 5.89. The standard InChI is InChI=1S/C27H36N2O5/c1-4-6-15-28(16-7-5-2)17-9-18-29-24(22-10-8-19-34-22)23(26(31)27(29)32)25(30)20-11-13-21(33-3)14-12-20/h8,10-14,19,24,30H,4-7,9,15-18H2,1-3H3/b25-23+. The number of unbranched alkanes of at least 4 members (excludes halogenated alkanes) is 2. The van der Waals surface area contributed by atoms with Crippen LogP contribution in [0.15, 0.2) is 52.7 Å². The highest BCUT2D eigenvalue weighted by Crippen LogP contribution is 2.39. The van der Waals surface area contributed by atoms with Gasteiger partial charge in [-0.2, -0.15) is 0 Å². The van der Waals surface area contributed by atoms with E-state index in [-0.39, 0.29) is 11.3 Å². The molecule has 0 aliphatic carbocycles. The number of rotatable bonds is 13. The molecule has 1 amide bonds. The van der Waals surface area contributed by atoms with Gasteiger partial charge in [0.25, 0.3) is 11.7 Å². The number of ketones is 1. The summed E-state index contributed by atoms with van der Waals surface area (Å²) in [6.07, 6.45) is 6.81.